The SMILES string of the molecule is C[C@@H]1CN([C@@H](C)CO)C(=O)Cc2cc(NC(=O)c3ccncc3)ccc2O[C@H]1CN(C)S(=O)(=O)c1ccc(Cl)cc1. The molecule has 3 aromatic rings. The number of pyridine rings is 1. The van der Waals surface area contributed by atoms with E-state index < -0.39 is 22.2 Å². The Kier molecular flexibility index (Phi) is 9.64. The third-order valence-corrected chi connectivity index (χ3v) is 9.17. The number of aliphatic hydroxyl groups is 1. The molecule has 2 heterocycles. The van der Waals surface area contributed by atoms with Crippen LogP contribution in [0.1, 0.15) is 29.8 Å². The monoisotopic (exact) mass is 600 g/mol. The molecule has 2 aromatic carbocycles. The van der Waals surface area contributed by atoms with Gasteiger partial charge in [0.15, 0.2) is 0 Å². The fraction of sp³-hybridized carbons (Fsp3) is 0.345. The third-order valence-electron chi connectivity index (χ3n) is 7.08. The summed E-state index contributed by atoms with van der Waals surface area (Å²) in [5, 5.41) is 13.1. The maximum Gasteiger partial charge on any atom is 0.255 e. The summed E-state index contributed by atoms with van der Waals surface area (Å²) in [7, 11) is -2.38. The van der Waals surface area contributed by atoms with E-state index in [9.17, 15) is 23.1 Å². The lowest BCUT2D eigenvalue weighted by Crippen LogP contribution is -2.48. The number of aliphatic hydroxyl groups excluding tert-OH is 1. The van der Waals surface area contributed by atoms with Crippen molar-refractivity contribution in [3.8, 4) is 5.75 Å². The van der Waals surface area contributed by atoms with Crippen molar-refractivity contribution in [1.29, 1.82) is 0 Å². The molecule has 0 fully saturated rings. The van der Waals surface area contributed by atoms with Crippen LogP contribution < -0.4 is 10.1 Å². The van der Waals surface area contributed by atoms with Crippen LogP contribution >= 0.6 is 11.6 Å². The van der Waals surface area contributed by atoms with Crippen LogP contribution in [0.3, 0.4) is 0 Å². The zero-order valence-corrected chi connectivity index (χ0v) is 24.6. The van der Waals surface area contributed by atoms with Crippen LogP contribution in [0.25, 0.3) is 0 Å². The second-order valence-corrected chi connectivity index (χ2v) is 12.6. The lowest BCUT2D eigenvalue weighted by atomic mass is 10.0. The van der Waals surface area contributed by atoms with Gasteiger partial charge in [-0.05, 0) is 61.5 Å². The fourth-order valence-electron chi connectivity index (χ4n) is 4.57. The number of halogens is 1. The van der Waals surface area contributed by atoms with Crippen molar-refractivity contribution in [2.45, 2.75) is 37.3 Å². The van der Waals surface area contributed by atoms with Gasteiger partial charge in [-0.15, -0.1) is 0 Å². The van der Waals surface area contributed by atoms with Crippen molar-refractivity contribution in [2.75, 3.05) is 32.1 Å². The zero-order valence-electron chi connectivity index (χ0n) is 23.0. The maximum atomic E-state index is 13.4. The van der Waals surface area contributed by atoms with Crippen LogP contribution in [-0.2, 0) is 21.2 Å². The maximum absolute atomic E-state index is 13.4. The van der Waals surface area contributed by atoms with Crippen molar-refractivity contribution in [3.63, 3.8) is 0 Å². The summed E-state index contributed by atoms with van der Waals surface area (Å²) >= 11 is 5.94. The molecule has 41 heavy (non-hydrogen) atoms. The number of carbonyl (C=O) groups is 2. The fourth-order valence-corrected chi connectivity index (χ4v) is 5.88. The number of carbonyl (C=O) groups excluding carboxylic acids is 2. The molecular formula is C29H33ClN4O6S. The average molecular weight is 601 g/mol. The summed E-state index contributed by atoms with van der Waals surface area (Å²) in [5.74, 6) is -0.442. The second kappa shape index (κ2) is 13.0. The smallest absolute Gasteiger partial charge is 0.255 e. The van der Waals surface area contributed by atoms with Crippen LogP contribution in [0.15, 0.2) is 71.9 Å². The van der Waals surface area contributed by atoms with E-state index in [4.69, 9.17) is 16.3 Å². The number of anilines is 1. The number of ether oxygens (including phenoxy) is 1. The van der Waals surface area contributed by atoms with E-state index in [0.717, 1.165) is 0 Å². The first-order valence-corrected chi connectivity index (χ1v) is 14.9. The molecule has 0 saturated carbocycles. The van der Waals surface area contributed by atoms with Crippen LogP contribution in [-0.4, -0.2) is 78.4 Å². The Morgan fingerprint density at radius 2 is 1.88 bits per heavy atom. The zero-order chi connectivity index (χ0) is 29.7. The lowest BCUT2D eigenvalue weighted by molar-refractivity contribution is -0.134. The highest BCUT2D eigenvalue weighted by molar-refractivity contribution is 7.89. The van der Waals surface area contributed by atoms with E-state index in [2.05, 4.69) is 10.3 Å². The number of hydrogen-bond donors (Lipinski definition) is 2. The largest absolute Gasteiger partial charge is 0.488 e. The highest BCUT2D eigenvalue weighted by atomic mass is 35.5. The molecule has 12 heteroatoms. The normalized spacial score (nSPS) is 18.5. The highest BCUT2D eigenvalue weighted by Crippen LogP contribution is 2.30. The Balaban J connectivity index is 1.65. The summed E-state index contributed by atoms with van der Waals surface area (Å²) in [6.45, 7) is 3.65. The van der Waals surface area contributed by atoms with Gasteiger partial charge in [-0.2, -0.15) is 4.31 Å². The van der Waals surface area contributed by atoms with Crippen molar-refractivity contribution < 1.29 is 27.9 Å². The van der Waals surface area contributed by atoms with E-state index in [-0.39, 0.29) is 48.7 Å². The topological polar surface area (TPSA) is 129 Å². The first-order valence-electron chi connectivity index (χ1n) is 13.1. The van der Waals surface area contributed by atoms with Gasteiger partial charge in [0, 0.05) is 53.7 Å². The standard InChI is InChI=1S/C29H33ClN4O6S/c1-19-16-34(20(2)18-35)28(36)15-22-14-24(32-29(37)21-10-12-31-13-11-21)6-9-26(22)40-27(19)17-33(3)41(38,39)25-7-4-23(30)5-8-25/h4-14,19-20,27,35H,15-18H2,1-3H3,(H,32,37)/t19-,20+,27+/m1/s1. The predicted molar refractivity (Wildman–Crippen MR) is 155 cm³/mol. The molecule has 0 aliphatic carbocycles. The molecule has 218 valence electrons. The van der Waals surface area contributed by atoms with E-state index >= 15 is 0 Å². The number of nitrogens with zero attached hydrogens (tertiary/aromatic N) is 3. The lowest BCUT2D eigenvalue weighted by Gasteiger charge is -2.33. The van der Waals surface area contributed by atoms with Gasteiger partial charge < -0.3 is 20.1 Å². The summed E-state index contributed by atoms with van der Waals surface area (Å²) in [6.07, 6.45) is 2.37. The van der Waals surface area contributed by atoms with Crippen LogP contribution in [0.2, 0.25) is 5.02 Å². The Morgan fingerprint density at radius 3 is 2.54 bits per heavy atom. The van der Waals surface area contributed by atoms with Crippen molar-refractivity contribution >= 4 is 39.1 Å². The van der Waals surface area contributed by atoms with E-state index in [1.54, 1.807) is 42.2 Å². The molecule has 10 nitrogen and oxygen atoms in total. The Bertz CT molecular complexity index is 1490. The minimum Gasteiger partial charge on any atom is -0.488 e. The summed E-state index contributed by atoms with van der Waals surface area (Å²) < 4.78 is 34.3. The first kappa shape index (κ1) is 30.4. The number of hydrogen-bond acceptors (Lipinski definition) is 7. The van der Waals surface area contributed by atoms with Gasteiger partial charge in [0.1, 0.15) is 11.9 Å². The number of aromatic nitrogens is 1. The van der Waals surface area contributed by atoms with E-state index in [1.807, 2.05) is 6.92 Å². The quantitative estimate of drug-likeness (QED) is 0.405. The molecule has 1 aromatic heterocycles. The van der Waals surface area contributed by atoms with Crippen molar-refractivity contribution in [3.05, 3.63) is 83.1 Å². The molecule has 0 bridgehead atoms. The van der Waals surface area contributed by atoms with Crippen molar-refractivity contribution in [2.24, 2.45) is 5.92 Å². The van der Waals surface area contributed by atoms with Crippen LogP contribution in [0.4, 0.5) is 5.69 Å². The molecule has 0 unspecified atom stereocenters. The number of fused-ring (bicyclic) bond motifs is 1. The van der Waals surface area contributed by atoms with Gasteiger partial charge >= 0.3 is 0 Å². The number of benzene rings is 2. The van der Waals surface area contributed by atoms with Gasteiger partial charge in [0.2, 0.25) is 15.9 Å². The Labute approximate surface area is 245 Å². The molecule has 4 rings (SSSR count). The van der Waals surface area contributed by atoms with E-state index in [1.165, 1.54) is 48.0 Å². The van der Waals surface area contributed by atoms with Crippen LogP contribution in [0.5, 0.6) is 5.75 Å². The minimum absolute atomic E-state index is 0.00162. The molecule has 2 amide bonds. The number of sulfonamides is 1. The Morgan fingerprint density at radius 1 is 1.20 bits per heavy atom. The molecule has 0 radical (unpaired) electrons. The van der Waals surface area contributed by atoms with Gasteiger partial charge in [-0.25, -0.2) is 8.42 Å². The van der Waals surface area contributed by atoms with E-state index in [0.29, 0.717) is 27.6 Å². The predicted octanol–water partition coefficient (Wildman–Crippen LogP) is 3.46. The van der Waals surface area contributed by atoms with Crippen LogP contribution in [0, 0.1) is 5.92 Å². The second-order valence-electron chi connectivity index (χ2n) is 10.1. The molecule has 1 aliphatic heterocycles. The molecule has 0 saturated heterocycles. The molecular weight excluding hydrogens is 568 g/mol. The third kappa shape index (κ3) is 7.23. The Hall–Kier alpha value is -3.51. The van der Waals surface area contributed by atoms with Gasteiger partial charge in [0.05, 0.1) is 30.5 Å². The van der Waals surface area contributed by atoms with Gasteiger partial charge in [-0.3, -0.25) is 14.6 Å². The number of amides is 2. The van der Waals surface area contributed by atoms with Crippen molar-refractivity contribution in [1.82, 2.24) is 14.2 Å². The first-order chi connectivity index (χ1) is 19.5. The molecule has 0 spiro atoms. The number of likely N-dealkylation sites (N-methyl/N-ethyl adjacent to an activating group) is 1. The molecule has 3 atom stereocenters. The highest BCUT2D eigenvalue weighted by Gasteiger charge is 2.33. The summed E-state index contributed by atoms with van der Waals surface area (Å²) in [5.41, 5.74) is 1.42. The molecule has 1 aliphatic rings. The number of rotatable bonds is 8. The van der Waals surface area contributed by atoms with Gasteiger partial charge in [0.25, 0.3) is 5.91 Å². The summed E-state index contributed by atoms with van der Waals surface area (Å²) in [6, 6.07) is 13.7. The number of nitrogens with one attached hydrogen (secondary N) is 1. The minimum atomic E-state index is -3.86. The summed E-state index contributed by atoms with van der Waals surface area (Å²) in [4.78, 5) is 31.8. The average Bonchev–Trinajstić information content (AvgIpc) is 3.00. The van der Waals surface area contributed by atoms with Gasteiger partial charge in [-0.1, -0.05) is 18.5 Å². The molecule has 2 N–H and O–H groups in total.